The molecule has 1 atom stereocenters. The molecule has 2 N–H and O–H groups in total. The number of aryl methyl sites for hydroxylation is 1. The first-order valence-electron chi connectivity index (χ1n) is 10.0. The molecule has 0 amide bonds. The van der Waals surface area contributed by atoms with Crippen molar-refractivity contribution in [3.05, 3.63) is 59.3 Å². The van der Waals surface area contributed by atoms with Gasteiger partial charge in [-0.25, -0.2) is 9.98 Å². The summed E-state index contributed by atoms with van der Waals surface area (Å²) in [4.78, 5) is 11.5. The summed E-state index contributed by atoms with van der Waals surface area (Å²) in [5.74, 6) is 1.83. The molecule has 0 bridgehead atoms. The van der Waals surface area contributed by atoms with Gasteiger partial charge in [-0.2, -0.15) is 0 Å². The minimum Gasteiger partial charge on any atom is -0.375 e. The van der Waals surface area contributed by atoms with Gasteiger partial charge in [-0.15, -0.1) is 0 Å². The van der Waals surface area contributed by atoms with E-state index in [0.29, 0.717) is 13.1 Å². The van der Waals surface area contributed by atoms with Crippen LogP contribution in [0.2, 0.25) is 0 Å². The number of morpholine rings is 1. The Balaban J connectivity index is 1.61. The highest BCUT2D eigenvalue weighted by Gasteiger charge is 2.18. The smallest absolute Gasteiger partial charge is 0.191 e. The molecule has 3 rings (SSSR count). The standard InChI is InChI=1S/C22H31N5O/c1-4-23-22(25-14-19-7-5-6-17(2)12-19)26-15-20-8-9-24-21(13-20)27-10-11-28-18(3)16-27/h5-9,12-13,18H,4,10-11,14-16H2,1-3H3,(H2,23,25,26). The highest BCUT2D eigenvalue weighted by molar-refractivity contribution is 5.79. The molecule has 0 radical (unpaired) electrons. The van der Waals surface area contributed by atoms with Crippen LogP contribution in [0.3, 0.4) is 0 Å². The Labute approximate surface area is 168 Å². The Morgan fingerprint density at radius 2 is 2.14 bits per heavy atom. The van der Waals surface area contributed by atoms with Gasteiger partial charge in [0.15, 0.2) is 5.96 Å². The topological polar surface area (TPSA) is 61.8 Å². The second-order valence-electron chi connectivity index (χ2n) is 7.19. The first-order chi connectivity index (χ1) is 13.6. The lowest BCUT2D eigenvalue weighted by molar-refractivity contribution is 0.0529. The Morgan fingerprint density at radius 1 is 1.25 bits per heavy atom. The maximum absolute atomic E-state index is 5.63. The van der Waals surface area contributed by atoms with Crippen molar-refractivity contribution in [3.63, 3.8) is 0 Å². The number of aromatic nitrogens is 1. The third-order valence-corrected chi connectivity index (χ3v) is 4.68. The minimum atomic E-state index is 0.242. The van der Waals surface area contributed by atoms with E-state index in [1.54, 1.807) is 0 Å². The number of hydrogen-bond acceptors (Lipinski definition) is 4. The van der Waals surface area contributed by atoms with Crippen LogP contribution in [0.25, 0.3) is 0 Å². The first kappa shape index (κ1) is 20.1. The van der Waals surface area contributed by atoms with Crippen LogP contribution in [-0.2, 0) is 17.8 Å². The zero-order valence-electron chi connectivity index (χ0n) is 17.1. The normalized spacial score (nSPS) is 17.5. The molecule has 1 aliphatic heterocycles. The van der Waals surface area contributed by atoms with Gasteiger partial charge in [0, 0.05) is 32.4 Å². The molecule has 6 heteroatoms. The van der Waals surface area contributed by atoms with E-state index >= 15 is 0 Å². The molecule has 6 nitrogen and oxygen atoms in total. The molecule has 0 aliphatic carbocycles. The fourth-order valence-corrected chi connectivity index (χ4v) is 3.28. The Kier molecular flexibility index (Phi) is 7.25. The molecular formula is C22H31N5O. The largest absolute Gasteiger partial charge is 0.375 e. The van der Waals surface area contributed by atoms with Crippen molar-refractivity contribution in [2.75, 3.05) is 31.1 Å². The number of guanidine groups is 1. The quantitative estimate of drug-likeness (QED) is 0.595. The maximum Gasteiger partial charge on any atom is 0.191 e. The number of rotatable bonds is 6. The molecule has 2 aromatic rings. The molecule has 2 heterocycles. The fraction of sp³-hybridized carbons (Fsp3) is 0.455. The van der Waals surface area contributed by atoms with Gasteiger partial charge < -0.3 is 20.3 Å². The predicted molar refractivity (Wildman–Crippen MR) is 115 cm³/mol. The van der Waals surface area contributed by atoms with E-state index in [0.717, 1.165) is 38.0 Å². The molecule has 1 aromatic carbocycles. The van der Waals surface area contributed by atoms with Crippen molar-refractivity contribution >= 4 is 11.8 Å². The molecule has 150 valence electrons. The number of ether oxygens (including phenoxy) is 1. The number of aliphatic imine (C=N–C) groups is 1. The van der Waals surface area contributed by atoms with E-state index in [4.69, 9.17) is 9.73 Å². The fourth-order valence-electron chi connectivity index (χ4n) is 3.28. The highest BCUT2D eigenvalue weighted by Crippen LogP contribution is 2.16. The van der Waals surface area contributed by atoms with Gasteiger partial charge in [-0.05, 0) is 44.0 Å². The van der Waals surface area contributed by atoms with Crippen molar-refractivity contribution in [2.45, 2.75) is 40.0 Å². The maximum atomic E-state index is 5.63. The van der Waals surface area contributed by atoms with Crippen LogP contribution in [0.4, 0.5) is 5.82 Å². The van der Waals surface area contributed by atoms with Gasteiger partial charge in [0.25, 0.3) is 0 Å². The average Bonchev–Trinajstić information content (AvgIpc) is 2.70. The summed E-state index contributed by atoms with van der Waals surface area (Å²) < 4.78 is 5.63. The van der Waals surface area contributed by atoms with Gasteiger partial charge in [0.05, 0.1) is 19.3 Å². The monoisotopic (exact) mass is 381 g/mol. The summed E-state index contributed by atoms with van der Waals surface area (Å²) in [6.07, 6.45) is 2.12. The van der Waals surface area contributed by atoms with Gasteiger partial charge in [0.1, 0.15) is 5.82 Å². The van der Waals surface area contributed by atoms with Crippen LogP contribution in [0, 0.1) is 6.92 Å². The first-order valence-corrected chi connectivity index (χ1v) is 10.0. The molecule has 1 aromatic heterocycles. The van der Waals surface area contributed by atoms with E-state index in [1.165, 1.54) is 16.7 Å². The van der Waals surface area contributed by atoms with Crippen LogP contribution < -0.4 is 15.5 Å². The van der Waals surface area contributed by atoms with Crippen molar-refractivity contribution in [1.82, 2.24) is 15.6 Å². The summed E-state index contributed by atoms with van der Waals surface area (Å²) >= 11 is 0. The minimum absolute atomic E-state index is 0.242. The van der Waals surface area contributed by atoms with Gasteiger partial charge in [0.2, 0.25) is 0 Å². The zero-order chi connectivity index (χ0) is 19.8. The number of nitrogens with one attached hydrogen (secondary N) is 2. The SMILES string of the molecule is CCNC(=NCc1cccc(C)c1)NCc1ccnc(N2CCOC(C)C2)c1. The lowest BCUT2D eigenvalue weighted by atomic mass is 10.1. The van der Waals surface area contributed by atoms with E-state index in [1.807, 2.05) is 12.3 Å². The lowest BCUT2D eigenvalue weighted by Gasteiger charge is -2.32. The van der Waals surface area contributed by atoms with Crippen molar-refractivity contribution < 1.29 is 4.74 Å². The Bertz CT molecular complexity index is 792. The number of benzene rings is 1. The molecule has 1 fully saturated rings. The molecule has 1 saturated heterocycles. The summed E-state index contributed by atoms with van der Waals surface area (Å²) in [7, 11) is 0. The van der Waals surface area contributed by atoms with Crippen LogP contribution in [0.5, 0.6) is 0 Å². The van der Waals surface area contributed by atoms with Crippen LogP contribution >= 0.6 is 0 Å². The molecular weight excluding hydrogens is 350 g/mol. The van der Waals surface area contributed by atoms with E-state index in [-0.39, 0.29) is 6.10 Å². The van der Waals surface area contributed by atoms with E-state index in [9.17, 15) is 0 Å². The summed E-state index contributed by atoms with van der Waals surface area (Å²) in [6.45, 7) is 11.0. The third-order valence-electron chi connectivity index (χ3n) is 4.68. The molecule has 0 saturated carbocycles. The highest BCUT2D eigenvalue weighted by atomic mass is 16.5. The predicted octanol–water partition coefficient (Wildman–Crippen LogP) is 2.87. The number of hydrogen-bond donors (Lipinski definition) is 2. The number of nitrogens with zero attached hydrogens (tertiary/aromatic N) is 3. The summed E-state index contributed by atoms with van der Waals surface area (Å²) in [5, 5.41) is 6.75. The summed E-state index contributed by atoms with van der Waals surface area (Å²) in [5.41, 5.74) is 3.66. The number of anilines is 1. The lowest BCUT2D eigenvalue weighted by Crippen LogP contribution is -2.41. The molecule has 1 aliphatic rings. The zero-order valence-corrected chi connectivity index (χ0v) is 17.1. The van der Waals surface area contributed by atoms with Crippen molar-refractivity contribution in [1.29, 1.82) is 0 Å². The summed E-state index contributed by atoms with van der Waals surface area (Å²) in [6, 6.07) is 12.7. The molecule has 28 heavy (non-hydrogen) atoms. The van der Waals surface area contributed by atoms with Crippen molar-refractivity contribution in [3.8, 4) is 0 Å². The van der Waals surface area contributed by atoms with Crippen LogP contribution in [0.1, 0.15) is 30.5 Å². The second-order valence-corrected chi connectivity index (χ2v) is 7.19. The van der Waals surface area contributed by atoms with Gasteiger partial charge in [-0.1, -0.05) is 29.8 Å². The van der Waals surface area contributed by atoms with Crippen LogP contribution in [0.15, 0.2) is 47.6 Å². The Hall–Kier alpha value is -2.60. The Morgan fingerprint density at radius 3 is 2.93 bits per heavy atom. The average molecular weight is 382 g/mol. The number of pyridine rings is 1. The molecule has 0 spiro atoms. The van der Waals surface area contributed by atoms with Crippen LogP contribution in [-0.4, -0.2) is 43.3 Å². The van der Waals surface area contributed by atoms with Gasteiger partial charge in [-0.3, -0.25) is 0 Å². The van der Waals surface area contributed by atoms with E-state index in [2.05, 4.69) is 71.6 Å². The van der Waals surface area contributed by atoms with Crippen molar-refractivity contribution in [2.24, 2.45) is 4.99 Å². The second kappa shape index (κ2) is 10.1. The molecule has 1 unspecified atom stereocenters. The van der Waals surface area contributed by atoms with Gasteiger partial charge >= 0.3 is 0 Å². The third kappa shape index (κ3) is 5.96. The van der Waals surface area contributed by atoms with E-state index < -0.39 is 0 Å².